The average Bonchev–Trinajstić information content (AvgIpc) is 3.05. The zero-order valence-electron chi connectivity index (χ0n) is 13.9. The van der Waals surface area contributed by atoms with Gasteiger partial charge < -0.3 is 0 Å². The molecule has 8 nitrogen and oxygen atoms in total. The summed E-state index contributed by atoms with van der Waals surface area (Å²) in [6.07, 6.45) is 0. The second-order valence-electron chi connectivity index (χ2n) is 6.48. The summed E-state index contributed by atoms with van der Waals surface area (Å²) in [7, 11) is -3.36. The number of nitro groups is 1. The van der Waals surface area contributed by atoms with Crippen LogP contribution in [0.4, 0.5) is 26.2 Å². The summed E-state index contributed by atoms with van der Waals surface area (Å²) < 4.78 is 37.6. The van der Waals surface area contributed by atoms with Crippen molar-refractivity contribution in [2.75, 3.05) is 21.3 Å². The molecular formula is C17H14FN3O5S. The van der Waals surface area contributed by atoms with Crippen molar-refractivity contribution in [1.29, 1.82) is 0 Å². The van der Waals surface area contributed by atoms with Crippen molar-refractivity contribution in [2.45, 2.75) is 12.1 Å². The van der Waals surface area contributed by atoms with E-state index in [1.165, 1.54) is 58.3 Å². The molecule has 4 rings (SSSR count). The Morgan fingerprint density at radius 3 is 1.81 bits per heavy atom. The van der Waals surface area contributed by atoms with E-state index in [1.807, 2.05) is 0 Å². The Balaban J connectivity index is 1.76. The predicted octanol–water partition coefficient (Wildman–Crippen LogP) is 2.35. The summed E-state index contributed by atoms with van der Waals surface area (Å²) in [6.45, 7) is 0. The maximum absolute atomic E-state index is 13.2. The van der Waals surface area contributed by atoms with Crippen molar-refractivity contribution in [3.05, 3.63) is 64.5 Å². The van der Waals surface area contributed by atoms with E-state index in [2.05, 4.69) is 0 Å². The van der Waals surface area contributed by atoms with Gasteiger partial charge in [-0.3, -0.25) is 19.9 Å². The largest absolute Gasteiger partial charge is 0.329 e. The van der Waals surface area contributed by atoms with E-state index in [1.54, 1.807) is 0 Å². The summed E-state index contributed by atoms with van der Waals surface area (Å²) in [6, 6.07) is 8.97. The molecule has 0 spiro atoms. The maximum atomic E-state index is 13.2. The standard InChI is InChI=1S/C17H14FN3O5S/c18-11-1-3-12(4-2-11)19-15-9-27(25,26)10-16(15)20(17(19)22)13-5-7-14(8-6-13)21(23)24/h1-8,15-16H,9-10H2/t15-,16-/m1/s1. The molecule has 0 saturated carbocycles. The lowest BCUT2D eigenvalue weighted by atomic mass is 10.1. The van der Waals surface area contributed by atoms with Gasteiger partial charge in [-0.15, -0.1) is 0 Å². The van der Waals surface area contributed by atoms with Crippen molar-refractivity contribution < 1.29 is 22.5 Å². The smallest absolute Gasteiger partial charge is 0.288 e. The topological polar surface area (TPSA) is 101 Å². The molecule has 0 aliphatic carbocycles. The zero-order chi connectivity index (χ0) is 19.3. The second-order valence-corrected chi connectivity index (χ2v) is 8.64. The van der Waals surface area contributed by atoms with Gasteiger partial charge >= 0.3 is 6.03 Å². The lowest BCUT2D eigenvalue weighted by molar-refractivity contribution is -0.384. The molecule has 0 N–H and O–H groups in total. The first kappa shape index (κ1) is 17.4. The SMILES string of the molecule is O=C1N(c2ccc(F)cc2)[C@@H]2CS(=O)(=O)C[C@H]2N1c1ccc([N+](=O)[O-])cc1. The molecule has 2 aliphatic heterocycles. The number of hydrogen-bond donors (Lipinski definition) is 0. The van der Waals surface area contributed by atoms with Gasteiger partial charge in [-0.05, 0) is 36.4 Å². The van der Waals surface area contributed by atoms with Gasteiger partial charge in [0, 0.05) is 23.5 Å². The number of rotatable bonds is 3. The van der Waals surface area contributed by atoms with E-state index in [0.29, 0.717) is 11.4 Å². The number of urea groups is 1. The van der Waals surface area contributed by atoms with Gasteiger partial charge in [0.15, 0.2) is 9.84 Å². The van der Waals surface area contributed by atoms with E-state index in [0.717, 1.165) is 0 Å². The molecule has 0 bridgehead atoms. The molecule has 0 aromatic heterocycles. The van der Waals surface area contributed by atoms with Gasteiger partial charge in [-0.25, -0.2) is 17.6 Å². The molecule has 2 saturated heterocycles. The lowest BCUT2D eigenvalue weighted by Crippen LogP contribution is -2.37. The normalized spacial score (nSPS) is 23.5. The number of carbonyl (C=O) groups is 1. The van der Waals surface area contributed by atoms with Crippen LogP contribution in [-0.2, 0) is 9.84 Å². The van der Waals surface area contributed by atoms with Crippen LogP contribution < -0.4 is 9.80 Å². The van der Waals surface area contributed by atoms with Crippen LogP contribution in [0.2, 0.25) is 0 Å². The number of hydrogen-bond acceptors (Lipinski definition) is 5. The molecule has 2 heterocycles. The Morgan fingerprint density at radius 2 is 1.37 bits per heavy atom. The van der Waals surface area contributed by atoms with E-state index < -0.39 is 38.7 Å². The van der Waals surface area contributed by atoms with Crippen molar-refractivity contribution in [3.8, 4) is 0 Å². The Morgan fingerprint density at radius 1 is 0.926 bits per heavy atom. The molecule has 2 fully saturated rings. The Bertz CT molecular complexity index is 1020. The van der Waals surface area contributed by atoms with Crippen LogP contribution in [0, 0.1) is 15.9 Å². The minimum absolute atomic E-state index is 0.128. The number of non-ortho nitro benzene ring substituents is 1. The number of nitro benzene ring substituents is 1. The van der Waals surface area contributed by atoms with E-state index in [9.17, 15) is 27.7 Å². The summed E-state index contributed by atoms with van der Waals surface area (Å²) in [4.78, 5) is 26.1. The first-order valence-corrected chi connectivity index (χ1v) is 9.92. The second kappa shape index (κ2) is 6.02. The molecule has 27 heavy (non-hydrogen) atoms. The fraction of sp³-hybridized carbons (Fsp3) is 0.235. The Hall–Kier alpha value is -3.01. The van der Waals surface area contributed by atoms with Crippen LogP contribution >= 0.6 is 0 Å². The van der Waals surface area contributed by atoms with Crippen LogP contribution in [0.1, 0.15) is 0 Å². The molecule has 2 amide bonds. The summed E-state index contributed by atoms with van der Waals surface area (Å²) in [5.41, 5.74) is 0.650. The third-order valence-electron chi connectivity index (χ3n) is 4.81. The third kappa shape index (κ3) is 2.91. The van der Waals surface area contributed by atoms with Gasteiger partial charge in [0.25, 0.3) is 5.69 Å². The minimum atomic E-state index is -3.36. The molecule has 140 valence electrons. The number of amides is 2. The van der Waals surface area contributed by atoms with Crippen molar-refractivity contribution in [3.63, 3.8) is 0 Å². The number of anilines is 2. The summed E-state index contributed by atoms with van der Waals surface area (Å²) in [5.74, 6) is -0.851. The predicted molar refractivity (Wildman–Crippen MR) is 96.1 cm³/mol. The van der Waals surface area contributed by atoms with Crippen LogP contribution in [-0.4, -0.2) is 43.0 Å². The number of carbonyl (C=O) groups excluding carboxylic acids is 1. The molecule has 2 aromatic carbocycles. The van der Waals surface area contributed by atoms with Crippen LogP contribution in [0.3, 0.4) is 0 Å². The molecule has 0 radical (unpaired) electrons. The summed E-state index contributed by atoms with van der Waals surface area (Å²) >= 11 is 0. The van der Waals surface area contributed by atoms with E-state index in [4.69, 9.17) is 0 Å². The third-order valence-corrected chi connectivity index (χ3v) is 6.51. The fourth-order valence-corrected chi connectivity index (χ4v) is 5.56. The van der Waals surface area contributed by atoms with Crippen molar-refractivity contribution in [2.24, 2.45) is 0 Å². The minimum Gasteiger partial charge on any atom is -0.288 e. The monoisotopic (exact) mass is 391 g/mol. The Labute approximate surface area is 153 Å². The highest BCUT2D eigenvalue weighted by molar-refractivity contribution is 7.91. The Kier molecular flexibility index (Phi) is 3.88. The first-order chi connectivity index (χ1) is 12.8. The van der Waals surface area contributed by atoms with E-state index in [-0.39, 0.29) is 17.2 Å². The van der Waals surface area contributed by atoms with Crippen LogP contribution in [0.5, 0.6) is 0 Å². The molecular weight excluding hydrogens is 377 g/mol. The van der Waals surface area contributed by atoms with Crippen molar-refractivity contribution >= 4 is 32.9 Å². The lowest BCUT2D eigenvalue weighted by Gasteiger charge is -2.22. The highest BCUT2D eigenvalue weighted by Crippen LogP contribution is 2.38. The zero-order valence-corrected chi connectivity index (χ0v) is 14.7. The van der Waals surface area contributed by atoms with Gasteiger partial charge in [-0.1, -0.05) is 0 Å². The number of sulfone groups is 1. The van der Waals surface area contributed by atoms with Gasteiger partial charge in [0.05, 0.1) is 28.5 Å². The van der Waals surface area contributed by atoms with Crippen molar-refractivity contribution in [1.82, 2.24) is 0 Å². The number of halogens is 1. The molecule has 10 heteroatoms. The number of benzene rings is 2. The highest BCUT2D eigenvalue weighted by atomic mass is 32.2. The van der Waals surface area contributed by atoms with Gasteiger partial charge in [0.2, 0.25) is 0 Å². The fourth-order valence-electron chi connectivity index (χ4n) is 3.64. The van der Waals surface area contributed by atoms with Gasteiger partial charge in [-0.2, -0.15) is 0 Å². The quantitative estimate of drug-likeness (QED) is 0.454. The molecule has 0 unspecified atom stereocenters. The molecule has 2 aromatic rings. The molecule has 2 aliphatic rings. The van der Waals surface area contributed by atoms with E-state index >= 15 is 0 Å². The first-order valence-electron chi connectivity index (χ1n) is 8.10. The number of nitrogens with zero attached hydrogens (tertiary/aromatic N) is 3. The van der Waals surface area contributed by atoms with Gasteiger partial charge in [0.1, 0.15) is 5.82 Å². The average molecular weight is 391 g/mol. The molecule has 2 atom stereocenters. The summed E-state index contributed by atoms with van der Waals surface area (Å²) in [5, 5.41) is 10.8. The highest BCUT2D eigenvalue weighted by Gasteiger charge is 2.54. The van der Waals surface area contributed by atoms with Crippen LogP contribution in [0.15, 0.2) is 48.5 Å². The number of fused-ring (bicyclic) bond motifs is 1. The maximum Gasteiger partial charge on any atom is 0.329 e. The van der Waals surface area contributed by atoms with Crippen LogP contribution in [0.25, 0.3) is 0 Å².